The third kappa shape index (κ3) is 1.09. The number of amides is 1. The van der Waals surface area contributed by atoms with E-state index in [2.05, 4.69) is 12.2 Å². The molecule has 0 bridgehead atoms. The summed E-state index contributed by atoms with van der Waals surface area (Å²) in [7, 11) is 0. The molecule has 1 unspecified atom stereocenters. The minimum atomic E-state index is 0.0556. The van der Waals surface area contributed by atoms with Gasteiger partial charge in [0.15, 0.2) is 0 Å². The fourth-order valence-electron chi connectivity index (χ4n) is 0.426. The maximum absolute atomic E-state index is 10.3. The Bertz CT molecular complexity index is 93.7. The molecule has 0 aliphatic carbocycles. The van der Waals surface area contributed by atoms with Gasteiger partial charge < -0.3 is 5.32 Å². The lowest BCUT2D eigenvalue weighted by atomic mass is 10.4. The summed E-state index contributed by atoms with van der Waals surface area (Å²) < 4.78 is 0. The Morgan fingerprint density at radius 3 is 2.86 bits per heavy atom. The van der Waals surface area contributed by atoms with Crippen molar-refractivity contribution in [1.82, 2.24) is 5.32 Å². The predicted molar refractivity (Wildman–Crippen MR) is 30.1 cm³/mol. The molecule has 1 rings (SSSR count). The van der Waals surface area contributed by atoms with E-state index in [0.29, 0.717) is 0 Å². The number of thioether (sulfide) groups is 1. The smallest absolute Gasteiger partial charge is 0.279 e. The van der Waals surface area contributed by atoms with Crippen LogP contribution >= 0.6 is 11.8 Å². The molecule has 1 amide bonds. The molecule has 1 radical (unpaired) electrons. The van der Waals surface area contributed by atoms with Crippen molar-refractivity contribution in [3.8, 4) is 0 Å². The first-order valence-electron chi connectivity index (χ1n) is 2.05. The van der Waals surface area contributed by atoms with Crippen molar-refractivity contribution < 1.29 is 4.79 Å². The van der Waals surface area contributed by atoms with E-state index in [0.717, 1.165) is 5.75 Å². The van der Waals surface area contributed by atoms with Gasteiger partial charge in [-0.25, -0.2) is 0 Å². The number of rotatable bonds is 0. The summed E-state index contributed by atoms with van der Waals surface area (Å²) in [4.78, 5) is 10.3. The van der Waals surface area contributed by atoms with Gasteiger partial charge in [0.1, 0.15) is 0 Å². The molecule has 39 valence electrons. The van der Waals surface area contributed by atoms with E-state index >= 15 is 0 Å². The molecule has 0 aromatic rings. The Kier molecular flexibility index (Phi) is 1.23. The Morgan fingerprint density at radius 2 is 2.71 bits per heavy atom. The first kappa shape index (κ1) is 4.97. The maximum atomic E-state index is 10.3. The number of carbonyl (C=O) groups excluding carboxylic acids is 1. The van der Waals surface area contributed by atoms with E-state index in [1.54, 1.807) is 0 Å². The van der Waals surface area contributed by atoms with E-state index in [9.17, 15) is 4.79 Å². The van der Waals surface area contributed by atoms with Crippen molar-refractivity contribution in [2.24, 2.45) is 0 Å². The average Bonchev–Trinajstić information content (AvgIpc) is 1.87. The first-order valence-corrected chi connectivity index (χ1v) is 3.04. The molecule has 1 aliphatic rings. The van der Waals surface area contributed by atoms with Crippen molar-refractivity contribution in [2.75, 3.05) is 5.75 Å². The molecule has 3 heteroatoms. The lowest BCUT2D eigenvalue weighted by Gasteiger charge is -1.93. The van der Waals surface area contributed by atoms with Gasteiger partial charge >= 0.3 is 0 Å². The Labute approximate surface area is 46.7 Å². The summed E-state index contributed by atoms with van der Waals surface area (Å²) >= 11 is 1.29. The minimum absolute atomic E-state index is 0.0556. The molecule has 7 heavy (non-hydrogen) atoms. The van der Waals surface area contributed by atoms with Gasteiger partial charge in [-0.1, -0.05) is 11.8 Å². The van der Waals surface area contributed by atoms with Gasteiger partial charge in [0.2, 0.25) is 0 Å². The van der Waals surface area contributed by atoms with E-state index < -0.39 is 0 Å². The van der Waals surface area contributed by atoms with Crippen molar-refractivity contribution in [2.45, 2.75) is 6.04 Å². The summed E-state index contributed by atoms with van der Waals surface area (Å²) in [5.41, 5.74) is 0. The number of hydrogen-bond acceptors (Lipinski definition) is 2. The van der Waals surface area contributed by atoms with Gasteiger partial charge in [0.25, 0.3) is 5.24 Å². The van der Waals surface area contributed by atoms with Gasteiger partial charge in [0.05, 0.1) is 0 Å². The van der Waals surface area contributed by atoms with Crippen LogP contribution in [0.2, 0.25) is 0 Å². The number of nitrogens with one attached hydrogen (secondary N) is 1. The summed E-state index contributed by atoms with van der Waals surface area (Å²) in [6, 6.07) is 0.137. The quantitative estimate of drug-likeness (QED) is 0.503. The Hall–Kier alpha value is -0.180. The van der Waals surface area contributed by atoms with Crippen molar-refractivity contribution >= 4 is 17.0 Å². The molecular weight excluding hydrogens is 110 g/mol. The number of carbonyl (C=O) groups is 1. The summed E-state index contributed by atoms with van der Waals surface area (Å²) in [6.07, 6.45) is 0. The van der Waals surface area contributed by atoms with Crippen LogP contribution in [0.1, 0.15) is 0 Å². The van der Waals surface area contributed by atoms with Crippen molar-refractivity contribution in [1.29, 1.82) is 0 Å². The fourth-order valence-corrected chi connectivity index (χ4v) is 1.11. The molecular formula is C4H6NOS. The molecule has 1 heterocycles. The third-order valence-corrected chi connectivity index (χ3v) is 1.69. The largest absolute Gasteiger partial charge is 0.343 e. The van der Waals surface area contributed by atoms with E-state index in [4.69, 9.17) is 0 Å². The monoisotopic (exact) mass is 116 g/mol. The van der Waals surface area contributed by atoms with Crippen molar-refractivity contribution in [3.63, 3.8) is 0 Å². The van der Waals surface area contributed by atoms with Crippen LogP contribution in [-0.2, 0) is 0 Å². The highest BCUT2D eigenvalue weighted by atomic mass is 32.2. The molecule has 1 saturated heterocycles. The van der Waals surface area contributed by atoms with Crippen LogP contribution in [0.15, 0.2) is 0 Å². The minimum Gasteiger partial charge on any atom is -0.343 e. The van der Waals surface area contributed by atoms with Crippen molar-refractivity contribution in [3.05, 3.63) is 6.92 Å². The fraction of sp³-hybridized carbons (Fsp3) is 0.500. The highest BCUT2D eigenvalue weighted by Gasteiger charge is 2.15. The van der Waals surface area contributed by atoms with Crippen LogP contribution in [0, 0.1) is 6.92 Å². The first-order chi connectivity index (χ1) is 3.29. The van der Waals surface area contributed by atoms with E-state index in [-0.39, 0.29) is 11.3 Å². The molecule has 1 atom stereocenters. The molecule has 1 fully saturated rings. The van der Waals surface area contributed by atoms with Gasteiger partial charge in [0, 0.05) is 11.8 Å². The van der Waals surface area contributed by atoms with Crippen LogP contribution in [0.4, 0.5) is 4.79 Å². The molecule has 0 saturated carbocycles. The summed E-state index contributed by atoms with van der Waals surface area (Å²) in [5.74, 6) is 0.818. The SMILES string of the molecule is [CH2]C1CSC(=O)N1. The van der Waals surface area contributed by atoms with Gasteiger partial charge in [-0.15, -0.1) is 0 Å². The normalized spacial score (nSPS) is 30.4. The zero-order valence-corrected chi connectivity index (χ0v) is 4.62. The van der Waals surface area contributed by atoms with Crippen LogP contribution in [0.25, 0.3) is 0 Å². The molecule has 0 aromatic heterocycles. The zero-order chi connectivity index (χ0) is 5.28. The standard InChI is InChI=1S/C4H6NOS/c1-3-2-7-4(6)5-3/h3H,1-2H2,(H,5,6). The van der Waals surface area contributed by atoms with Gasteiger partial charge in [-0.3, -0.25) is 4.79 Å². The predicted octanol–water partition coefficient (Wildman–Crippen LogP) is 0.645. The lowest BCUT2D eigenvalue weighted by Crippen LogP contribution is -2.21. The van der Waals surface area contributed by atoms with Crippen LogP contribution in [-0.4, -0.2) is 17.0 Å². The van der Waals surface area contributed by atoms with Crippen LogP contribution in [0.5, 0.6) is 0 Å². The molecule has 2 nitrogen and oxygen atoms in total. The maximum Gasteiger partial charge on any atom is 0.279 e. The van der Waals surface area contributed by atoms with Gasteiger partial charge in [-0.05, 0) is 6.92 Å². The highest BCUT2D eigenvalue weighted by Crippen LogP contribution is 2.10. The zero-order valence-electron chi connectivity index (χ0n) is 3.81. The molecule has 1 aliphatic heterocycles. The molecule has 0 spiro atoms. The number of hydrogen-bond donors (Lipinski definition) is 1. The Morgan fingerprint density at radius 1 is 2.00 bits per heavy atom. The van der Waals surface area contributed by atoms with Crippen LogP contribution < -0.4 is 5.32 Å². The lowest BCUT2D eigenvalue weighted by molar-refractivity contribution is 0.261. The van der Waals surface area contributed by atoms with E-state index in [1.807, 2.05) is 0 Å². The molecule has 1 N–H and O–H groups in total. The van der Waals surface area contributed by atoms with E-state index in [1.165, 1.54) is 11.8 Å². The highest BCUT2D eigenvalue weighted by molar-refractivity contribution is 8.13. The second-order valence-corrected chi connectivity index (χ2v) is 2.43. The van der Waals surface area contributed by atoms with Crippen LogP contribution in [0.3, 0.4) is 0 Å². The second-order valence-electron chi connectivity index (χ2n) is 1.44. The average molecular weight is 116 g/mol. The summed E-state index contributed by atoms with van der Waals surface area (Å²) in [5, 5.41) is 2.69. The summed E-state index contributed by atoms with van der Waals surface area (Å²) in [6.45, 7) is 3.64. The third-order valence-electron chi connectivity index (χ3n) is 0.738. The Balaban J connectivity index is 2.40. The van der Waals surface area contributed by atoms with Gasteiger partial charge in [-0.2, -0.15) is 0 Å². The second kappa shape index (κ2) is 1.74. The topological polar surface area (TPSA) is 29.1 Å². The molecule has 0 aromatic carbocycles.